The topological polar surface area (TPSA) is 55.4 Å². The number of nitrogens with zero attached hydrogens (tertiary/aromatic N) is 5. The van der Waals surface area contributed by atoms with Gasteiger partial charge in [0.25, 0.3) is 5.56 Å². The van der Waals surface area contributed by atoms with Gasteiger partial charge in [-0.1, -0.05) is 49.3 Å². The Kier molecular flexibility index (Phi) is 5.99. The summed E-state index contributed by atoms with van der Waals surface area (Å²) in [5.74, 6) is 1.12. The number of rotatable bonds is 5. The summed E-state index contributed by atoms with van der Waals surface area (Å²) in [5.41, 5.74) is 5.71. The summed E-state index contributed by atoms with van der Waals surface area (Å²) in [7, 11) is 0. The van der Waals surface area contributed by atoms with E-state index in [0.29, 0.717) is 18.6 Å². The van der Waals surface area contributed by atoms with E-state index < -0.39 is 0 Å². The molecule has 5 rings (SSSR count). The standard InChI is InChI=1S/C27H31N5O/c1-3-15-32-25-24(20(2)26(32)30-16-8-4-5-9-17-30)29-19-31(27(25)33)18-23-22-13-7-6-11-21(22)12-10-14-28-23/h3,6-7,10-11,13-14,19H,1,4-5,8-9,12,15-18H2,2H3. The van der Waals surface area contributed by atoms with Crippen molar-refractivity contribution in [1.29, 1.82) is 0 Å². The lowest BCUT2D eigenvalue weighted by atomic mass is 10.0. The van der Waals surface area contributed by atoms with Crippen LogP contribution in [0.1, 0.15) is 42.4 Å². The molecule has 1 fully saturated rings. The van der Waals surface area contributed by atoms with Crippen LogP contribution in [-0.2, 0) is 19.5 Å². The average Bonchev–Trinajstić information content (AvgIpc) is 3.05. The number of aromatic nitrogens is 3. The molecular weight excluding hydrogens is 410 g/mol. The molecule has 170 valence electrons. The highest BCUT2D eigenvalue weighted by atomic mass is 16.1. The summed E-state index contributed by atoms with van der Waals surface area (Å²) in [6, 6.07) is 8.28. The molecule has 6 heteroatoms. The van der Waals surface area contributed by atoms with Crippen molar-refractivity contribution in [3.63, 3.8) is 0 Å². The normalized spacial score (nSPS) is 16.3. The second kappa shape index (κ2) is 9.22. The zero-order valence-electron chi connectivity index (χ0n) is 19.3. The van der Waals surface area contributed by atoms with Crippen molar-refractivity contribution in [2.75, 3.05) is 18.0 Å². The summed E-state index contributed by atoms with van der Waals surface area (Å²) in [4.78, 5) is 25.7. The Balaban J connectivity index is 1.61. The number of aryl methyl sites for hydroxylation is 1. The maximum atomic E-state index is 13.8. The molecule has 0 bridgehead atoms. The van der Waals surface area contributed by atoms with Crippen LogP contribution in [-0.4, -0.2) is 32.9 Å². The first-order valence-electron chi connectivity index (χ1n) is 11.9. The highest BCUT2D eigenvalue weighted by molar-refractivity contribution is 6.02. The van der Waals surface area contributed by atoms with Crippen LogP contribution in [0.4, 0.5) is 5.82 Å². The number of aliphatic imine (C=N–C) groups is 1. The summed E-state index contributed by atoms with van der Waals surface area (Å²) in [6.45, 7) is 9.06. The van der Waals surface area contributed by atoms with Crippen LogP contribution >= 0.6 is 0 Å². The van der Waals surface area contributed by atoms with E-state index in [0.717, 1.165) is 47.7 Å². The summed E-state index contributed by atoms with van der Waals surface area (Å²) in [5, 5.41) is 0. The Labute approximate surface area is 194 Å². The molecule has 6 nitrogen and oxygen atoms in total. The molecule has 0 saturated carbocycles. The second-order valence-corrected chi connectivity index (χ2v) is 8.95. The summed E-state index contributed by atoms with van der Waals surface area (Å²) < 4.78 is 3.82. The van der Waals surface area contributed by atoms with E-state index in [9.17, 15) is 4.79 Å². The molecule has 0 unspecified atom stereocenters. The molecular formula is C27H31N5O. The summed E-state index contributed by atoms with van der Waals surface area (Å²) >= 11 is 0. The van der Waals surface area contributed by atoms with Crippen molar-refractivity contribution in [2.24, 2.45) is 4.99 Å². The quantitative estimate of drug-likeness (QED) is 0.543. The zero-order valence-corrected chi connectivity index (χ0v) is 19.3. The van der Waals surface area contributed by atoms with Crippen molar-refractivity contribution in [3.05, 3.63) is 82.6 Å². The number of anilines is 1. The van der Waals surface area contributed by atoms with E-state index in [1.54, 1.807) is 10.9 Å². The van der Waals surface area contributed by atoms with Crippen LogP contribution in [0.15, 0.2) is 65.3 Å². The number of allylic oxidation sites excluding steroid dienone is 2. The minimum absolute atomic E-state index is 0.0283. The first-order chi connectivity index (χ1) is 16.2. The molecule has 0 spiro atoms. The fraction of sp³-hybridized carbons (Fsp3) is 0.370. The molecule has 0 aliphatic carbocycles. The molecule has 0 N–H and O–H groups in total. The van der Waals surface area contributed by atoms with Crippen LogP contribution < -0.4 is 10.5 Å². The lowest BCUT2D eigenvalue weighted by Crippen LogP contribution is -2.29. The van der Waals surface area contributed by atoms with E-state index in [1.807, 2.05) is 24.4 Å². The maximum absolute atomic E-state index is 13.8. The Morgan fingerprint density at radius 2 is 1.91 bits per heavy atom. The molecule has 1 saturated heterocycles. The fourth-order valence-corrected chi connectivity index (χ4v) is 5.18. The van der Waals surface area contributed by atoms with E-state index in [2.05, 4.69) is 46.2 Å². The number of benzene rings is 1. The third-order valence-corrected chi connectivity index (χ3v) is 6.77. The van der Waals surface area contributed by atoms with Gasteiger partial charge in [-0.2, -0.15) is 0 Å². The Hall–Kier alpha value is -3.41. The third-order valence-electron chi connectivity index (χ3n) is 6.77. The van der Waals surface area contributed by atoms with Gasteiger partial charge in [0.1, 0.15) is 16.9 Å². The lowest BCUT2D eigenvalue weighted by molar-refractivity contribution is 0.726. The first-order valence-corrected chi connectivity index (χ1v) is 11.9. The van der Waals surface area contributed by atoms with Gasteiger partial charge in [0.05, 0.1) is 18.6 Å². The van der Waals surface area contributed by atoms with E-state index in [-0.39, 0.29) is 5.56 Å². The highest BCUT2D eigenvalue weighted by Gasteiger charge is 2.24. The highest BCUT2D eigenvalue weighted by Crippen LogP contribution is 2.31. The van der Waals surface area contributed by atoms with Crippen molar-refractivity contribution in [1.82, 2.24) is 14.1 Å². The second-order valence-electron chi connectivity index (χ2n) is 8.95. The van der Waals surface area contributed by atoms with Crippen LogP contribution in [0.5, 0.6) is 0 Å². The molecule has 0 atom stereocenters. The fourth-order valence-electron chi connectivity index (χ4n) is 5.18. The van der Waals surface area contributed by atoms with Crippen LogP contribution in [0.3, 0.4) is 0 Å². The van der Waals surface area contributed by atoms with E-state index >= 15 is 0 Å². The van der Waals surface area contributed by atoms with Gasteiger partial charge in [-0.25, -0.2) is 4.98 Å². The Morgan fingerprint density at radius 3 is 2.70 bits per heavy atom. The largest absolute Gasteiger partial charge is 0.358 e. The van der Waals surface area contributed by atoms with Crippen molar-refractivity contribution < 1.29 is 0 Å². The SMILES string of the molecule is C=CCn1c(N2CCCCCC2)c(C)c2ncn(CC3=NC=CCc4ccccc43)c(=O)c21. The van der Waals surface area contributed by atoms with Gasteiger partial charge in [-0.3, -0.25) is 14.4 Å². The summed E-state index contributed by atoms with van der Waals surface area (Å²) in [6.07, 6.45) is 13.2. The van der Waals surface area contributed by atoms with Crippen molar-refractivity contribution in [3.8, 4) is 0 Å². The lowest BCUT2D eigenvalue weighted by Gasteiger charge is -2.25. The molecule has 2 aliphatic rings. The third kappa shape index (κ3) is 3.94. The molecule has 0 amide bonds. The van der Waals surface area contributed by atoms with Crippen LogP contribution in [0, 0.1) is 6.92 Å². The number of hydrogen-bond donors (Lipinski definition) is 0. The maximum Gasteiger partial charge on any atom is 0.278 e. The Morgan fingerprint density at radius 1 is 1.12 bits per heavy atom. The first kappa shape index (κ1) is 21.4. The van der Waals surface area contributed by atoms with Crippen LogP contribution in [0.25, 0.3) is 11.0 Å². The van der Waals surface area contributed by atoms with E-state index in [1.165, 1.54) is 31.2 Å². The predicted molar refractivity (Wildman–Crippen MR) is 135 cm³/mol. The molecule has 2 aromatic heterocycles. The molecule has 33 heavy (non-hydrogen) atoms. The Bertz CT molecular complexity index is 1300. The predicted octanol–water partition coefficient (Wildman–Crippen LogP) is 4.63. The van der Waals surface area contributed by atoms with Gasteiger partial charge in [0.15, 0.2) is 0 Å². The monoisotopic (exact) mass is 441 g/mol. The average molecular weight is 442 g/mol. The zero-order chi connectivity index (χ0) is 22.8. The number of fused-ring (bicyclic) bond motifs is 2. The molecule has 0 radical (unpaired) electrons. The van der Waals surface area contributed by atoms with Gasteiger partial charge in [0.2, 0.25) is 0 Å². The molecule has 1 aromatic carbocycles. The van der Waals surface area contributed by atoms with Crippen molar-refractivity contribution in [2.45, 2.75) is 52.1 Å². The minimum Gasteiger partial charge on any atom is -0.358 e. The minimum atomic E-state index is -0.0283. The van der Waals surface area contributed by atoms with Gasteiger partial charge in [0, 0.05) is 37.0 Å². The van der Waals surface area contributed by atoms with E-state index in [4.69, 9.17) is 4.98 Å². The molecule has 2 aliphatic heterocycles. The van der Waals surface area contributed by atoms with Gasteiger partial charge < -0.3 is 9.47 Å². The molecule has 3 aromatic rings. The number of hydrogen-bond acceptors (Lipinski definition) is 4. The van der Waals surface area contributed by atoms with Crippen LogP contribution in [0.2, 0.25) is 0 Å². The smallest absolute Gasteiger partial charge is 0.278 e. The molecule has 4 heterocycles. The van der Waals surface area contributed by atoms with Gasteiger partial charge in [-0.05, 0) is 31.7 Å². The van der Waals surface area contributed by atoms with Gasteiger partial charge in [-0.15, -0.1) is 6.58 Å². The van der Waals surface area contributed by atoms with Crippen molar-refractivity contribution >= 4 is 22.6 Å². The van der Waals surface area contributed by atoms with Gasteiger partial charge >= 0.3 is 0 Å².